The Balaban J connectivity index is 0.00000280. The van der Waals surface area contributed by atoms with Gasteiger partial charge in [0, 0.05) is 24.8 Å². The number of ether oxygens (including phenoxy) is 1. The number of furan rings is 1. The summed E-state index contributed by atoms with van der Waals surface area (Å²) < 4.78 is 10.7. The monoisotopic (exact) mass is 407 g/mol. The van der Waals surface area contributed by atoms with Crippen LogP contribution >= 0.6 is 12.4 Å². The second kappa shape index (κ2) is 10.7. The summed E-state index contributed by atoms with van der Waals surface area (Å²) in [5, 5.41) is 5.92. The lowest BCUT2D eigenvalue weighted by molar-refractivity contribution is -0.135. The van der Waals surface area contributed by atoms with Crippen LogP contribution in [-0.2, 0) is 4.79 Å². The molecule has 1 aliphatic heterocycles. The van der Waals surface area contributed by atoms with E-state index in [4.69, 9.17) is 9.15 Å². The Bertz CT molecular complexity index is 765. The minimum Gasteiger partial charge on any atom is -0.484 e. The van der Waals surface area contributed by atoms with Crippen molar-refractivity contribution in [2.45, 2.75) is 12.8 Å². The number of hydrogen-bond acceptors (Lipinski definition) is 5. The predicted octanol–water partition coefficient (Wildman–Crippen LogP) is 2.79. The number of hydrogen-bond donors (Lipinski definition) is 2. The molecule has 8 heteroatoms. The molecule has 1 aliphatic rings. The molecule has 0 aliphatic carbocycles. The maximum Gasteiger partial charge on any atom is 0.291 e. The van der Waals surface area contributed by atoms with Gasteiger partial charge in [-0.05, 0) is 56.6 Å². The lowest BCUT2D eigenvalue weighted by Crippen LogP contribution is -2.44. The van der Waals surface area contributed by atoms with Gasteiger partial charge in [0.15, 0.2) is 12.4 Å². The number of carbonyl (C=O) groups excluding carboxylic acids is 2. The number of halogens is 1. The van der Waals surface area contributed by atoms with E-state index < -0.39 is 0 Å². The first-order valence-electron chi connectivity index (χ1n) is 9.16. The highest BCUT2D eigenvalue weighted by atomic mass is 35.5. The number of likely N-dealkylation sites (tertiary alicyclic amines) is 1. The van der Waals surface area contributed by atoms with Crippen molar-refractivity contribution in [3.63, 3.8) is 0 Å². The van der Waals surface area contributed by atoms with Gasteiger partial charge in [-0.25, -0.2) is 0 Å². The van der Waals surface area contributed by atoms with E-state index in [1.807, 2.05) is 11.9 Å². The Labute approximate surface area is 170 Å². The van der Waals surface area contributed by atoms with Crippen LogP contribution in [0.15, 0.2) is 47.1 Å². The normalized spacial score (nSPS) is 16.2. The molecule has 3 rings (SSSR count). The fourth-order valence-corrected chi connectivity index (χ4v) is 3.25. The molecule has 28 heavy (non-hydrogen) atoms. The maximum absolute atomic E-state index is 12.4. The standard InChI is InChI=1S/C20H25N3O4.ClH/c1-21-12-15-5-3-9-23(13-15)19(24)14-27-17-7-2-6-16(11-17)22-20(25)18-8-4-10-26-18;/h2,4,6-8,10-11,15,21H,3,5,9,12-14H2,1H3,(H,22,25);1H. The number of benzene rings is 1. The summed E-state index contributed by atoms with van der Waals surface area (Å²) in [6.07, 6.45) is 3.61. The van der Waals surface area contributed by atoms with Crippen molar-refractivity contribution in [3.05, 3.63) is 48.4 Å². The summed E-state index contributed by atoms with van der Waals surface area (Å²) in [6, 6.07) is 10.2. The zero-order chi connectivity index (χ0) is 19.1. The molecule has 1 atom stereocenters. The molecule has 2 amide bonds. The van der Waals surface area contributed by atoms with Gasteiger partial charge in [0.1, 0.15) is 5.75 Å². The van der Waals surface area contributed by atoms with Crippen LogP contribution in [0.4, 0.5) is 5.69 Å². The van der Waals surface area contributed by atoms with E-state index in [2.05, 4.69) is 10.6 Å². The van der Waals surface area contributed by atoms with Gasteiger partial charge in [0.2, 0.25) is 0 Å². The molecule has 1 saturated heterocycles. The van der Waals surface area contributed by atoms with Crippen LogP contribution in [0, 0.1) is 5.92 Å². The molecule has 2 N–H and O–H groups in total. The van der Waals surface area contributed by atoms with Gasteiger partial charge in [-0.2, -0.15) is 0 Å². The molecule has 1 unspecified atom stereocenters. The number of nitrogens with zero attached hydrogens (tertiary/aromatic N) is 1. The third kappa shape index (κ3) is 6.00. The Morgan fingerprint density at radius 1 is 1.29 bits per heavy atom. The van der Waals surface area contributed by atoms with Crippen molar-refractivity contribution in [2.75, 3.05) is 38.6 Å². The molecule has 1 aromatic carbocycles. The van der Waals surface area contributed by atoms with Crippen LogP contribution in [-0.4, -0.2) is 50.0 Å². The third-order valence-corrected chi connectivity index (χ3v) is 4.56. The highest BCUT2D eigenvalue weighted by molar-refractivity contribution is 6.02. The summed E-state index contributed by atoms with van der Waals surface area (Å²) in [7, 11) is 1.93. The van der Waals surface area contributed by atoms with Crippen molar-refractivity contribution in [1.29, 1.82) is 0 Å². The number of nitrogens with one attached hydrogen (secondary N) is 2. The van der Waals surface area contributed by atoms with Crippen LogP contribution in [0.25, 0.3) is 0 Å². The average Bonchev–Trinajstić information content (AvgIpc) is 3.22. The van der Waals surface area contributed by atoms with Gasteiger partial charge in [-0.1, -0.05) is 6.07 Å². The van der Waals surface area contributed by atoms with E-state index in [-0.39, 0.29) is 36.6 Å². The minimum atomic E-state index is -0.336. The number of rotatable bonds is 7. The third-order valence-electron chi connectivity index (χ3n) is 4.56. The summed E-state index contributed by atoms with van der Waals surface area (Å²) >= 11 is 0. The smallest absolute Gasteiger partial charge is 0.291 e. The largest absolute Gasteiger partial charge is 0.484 e. The molecule has 0 radical (unpaired) electrons. The molecular weight excluding hydrogens is 382 g/mol. The van der Waals surface area contributed by atoms with Gasteiger partial charge < -0.3 is 24.7 Å². The molecule has 1 aromatic heterocycles. The summed E-state index contributed by atoms with van der Waals surface area (Å²) in [6.45, 7) is 2.45. The number of amides is 2. The second-order valence-electron chi connectivity index (χ2n) is 6.65. The van der Waals surface area contributed by atoms with Gasteiger partial charge >= 0.3 is 0 Å². The molecular formula is C20H26ClN3O4. The van der Waals surface area contributed by atoms with Crippen molar-refractivity contribution < 1.29 is 18.7 Å². The maximum atomic E-state index is 12.4. The van der Waals surface area contributed by atoms with E-state index in [1.165, 1.54) is 6.26 Å². The average molecular weight is 408 g/mol. The van der Waals surface area contributed by atoms with Crippen LogP contribution < -0.4 is 15.4 Å². The molecule has 0 saturated carbocycles. The number of carbonyl (C=O) groups is 2. The van der Waals surface area contributed by atoms with Crippen LogP contribution in [0.5, 0.6) is 5.75 Å². The van der Waals surface area contributed by atoms with E-state index in [0.717, 1.165) is 32.5 Å². The fraction of sp³-hybridized carbons (Fsp3) is 0.400. The number of anilines is 1. The molecule has 7 nitrogen and oxygen atoms in total. The van der Waals surface area contributed by atoms with Crippen molar-refractivity contribution in [3.8, 4) is 5.75 Å². The Morgan fingerprint density at radius 2 is 2.14 bits per heavy atom. The lowest BCUT2D eigenvalue weighted by atomic mass is 9.98. The highest BCUT2D eigenvalue weighted by Crippen LogP contribution is 2.19. The molecule has 2 heterocycles. The number of piperidine rings is 1. The summed E-state index contributed by atoms with van der Waals surface area (Å²) in [4.78, 5) is 26.3. The first kappa shape index (κ1) is 21.8. The summed E-state index contributed by atoms with van der Waals surface area (Å²) in [5.74, 6) is 0.910. The van der Waals surface area contributed by atoms with Gasteiger partial charge in [0.05, 0.1) is 6.26 Å². The molecule has 1 fully saturated rings. The Morgan fingerprint density at radius 3 is 2.89 bits per heavy atom. The van der Waals surface area contributed by atoms with Crippen molar-refractivity contribution >= 4 is 29.9 Å². The van der Waals surface area contributed by atoms with Crippen LogP contribution in [0.3, 0.4) is 0 Å². The van der Waals surface area contributed by atoms with Crippen LogP contribution in [0.1, 0.15) is 23.4 Å². The molecule has 2 aromatic rings. The molecule has 0 bridgehead atoms. The summed E-state index contributed by atoms with van der Waals surface area (Å²) in [5.41, 5.74) is 0.577. The lowest BCUT2D eigenvalue weighted by Gasteiger charge is -2.32. The van der Waals surface area contributed by atoms with Crippen molar-refractivity contribution in [1.82, 2.24) is 10.2 Å². The highest BCUT2D eigenvalue weighted by Gasteiger charge is 2.23. The van der Waals surface area contributed by atoms with Crippen molar-refractivity contribution in [2.24, 2.45) is 5.92 Å². The first-order valence-corrected chi connectivity index (χ1v) is 9.16. The Kier molecular flexibility index (Phi) is 8.35. The second-order valence-corrected chi connectivity index (χ2v) is 6.65. The predicted molar refractivity (Wildman–Crippen MR) is 109 cm³/mol. The SMILES string of the molecule is CNCC1CCCN(C(=O)COc2cccc(NC(=O)c3ccco3)c2)C1.Cl. The zero-order valence-electron chi connectivity index (χ0n) is 15.8. The first-order chi connectivity index (χ1) is 13.2. The van der Waals surface area contributed by atoms with E-state index >= 15 is 0 Å². The van der Waals surface area contributed by atoms with E-state index in [9.17, 15) is 9.59 Å². The van der Waals surface area contributed by atoms with Gasteiger partial charge in [0.25, 0.3) is 11.8 Å². The van der Waals surface area contributed by atoms with E-state index in [0.29, 0.717) is 17.4 Å². The molecule has 0 spiro atoms. The Hall–Kier alpha value is -2.51. The van der Waals surface area contributed by atoms with Gasteiger partial charge in [-0.15, -0.1) is 12.4 Å². The molecule has 152 valence electrons. The minimum absolute atomic E-state index is 0. The van der Waals surface area contributed by atoms with Crippen LogP contribution in [0.2, 0.25) is 0 Å². The fourth-order valence-electron chi connectivity index (χ4n) is 3.25. The zero-order valence-corrected chi connectivity index (χ0v) is 16.7. The topological polar surface area (TPSA) is 83.8 Å². The quantitative estimate of drug-likeness (QED) is 0.737. The van der Waals surface area contributed by atoms with Gasteiger partial charge in [-0.3, -0.25) is 9.59 Å². The van der Waals surface area contributed by atoms with E-state index in [1.54, 1.807) is 36.4 Å².